The highest BCUT2D eigenvalue weighted by Crippen LogP contribution is 2.26. The average molecular weight is 238 g/mol. The fourth-order valence-corrected chi connectivity index (χ4v) is 1.93. The van der Waals surface area contributed by atoms with Crippen LogP contribution in [0.3, 0.4) is 0 Å². The number of hydrogen-bond donors (Lipinski definition) is 1. The van der Waals surface area contributed by atoms with Crippen LogP contribution >= 0.6 is 12.2 Å². The highest BCUT2D eigenvalue weighted by atomic mass is 32.1. The first-order valence-electron chi connectivity index (χ1n) is 5.75. The normalized spacial score (nSPS) is 15.6. The smallest absolute Gasteiger partial charge is 0.0740 e. The van der Waals surface area contributed by atoms with E-state index in [9.17, 15) is 0 Å². The maximum absolute atomic E-state index is 5.54. The lowest BCUT2D eigenvalue weighted by molar-refractivity contribution is 0.256. The molecular formula is C11H18N4S. The first-order chi connectivity index (χ1) is 7.75. The molecule has 1 aliphatic carbocycles. The Morgan fingerprint density at radius 3 is 2.88 bits per heavy atom. The lowest BCUT2D eigenvalue weighted by Crippen LogP contribution is -2.32. The summed E-state index contributed by atoms with van der Waals surface area (Å²) in [5, 5.41) is 4.20. The van der Waals surface area contributed by atoms with E-state index in [4.69, 9.17) is 18.0 Å². The molecule has 0 spiro atoms. The highest BCUT2D eigenvalue weighted by molar-refractivity contribution is 7.80. The third kappa shape index (κ3) is 3.57. The van der Waals surface area contributed by atoms with Gasteiger partial charge in [0.15, 0.2) is 0 Å². The molecule has 0 amide bonds. The monoisotopic (exact) mass is 238 g/mol. The third-order valence-electron chi connectivity index (χ3n) is 2.88. The molecule has 1 heterocycles. The zero-order valence-electron chi connectivity index (χ0n) is 9.38. The second-order valence-corrected chi connectivity index (χ2v) is 4.78. The Bertz CT molecular complexity index is 332. The van der Waals surface area contributed by atoms with Crippen LogP contribution in [-0.2, 0) is 6.54 Å². The molecule has 88 valence electrons. The highest BCUT2D eigenvalue weighted by Gasteiger charge is 2.28. The van der Waals surface area contributed by atoms with Crippen molar-refractivity contribution in [3.05, 3.63) is 18.5 Å². The first-order valence-corrected chi connectivity index (χ1v) is 6.16. The molecule has 0 radical (unpaired) electrons. The van der Waals surface area contributed by atoms with E-state index in [1.165, 1.54) is 12.8 Å². The number of hydrogen-bond acceptors (Lipinski definition) is 3. The summed E-state index contributed by atoms with van der Waals surface area (Å²) in [6.07, 6.45) is 7.27. The zero-order chi connectivity index (χ0) is 11.4. The molecule has 1 aromatic rings. The van der Waals surface area contributed by atoms with E-state index in [1.54, 1.807) is 0 Å². The molecule has 0 bridgehead atoms. The largest absolute Gasteiger partial charge is 0.393 e. The van der Waals surface area contributed by atoms with Gasteiger partial charge < -0.3 is 5.73 Å². The molecular weight excluding hydrogens is 220 g/mol. The molecule has 2 N–H and O–H groups in total. The minimum atomic E-state index is 0.615. The van der Waals surface area contributed by atoms with Crippen LogP contribution in [0.2, 0.25) is 0 Å². The Kier molecular flexibility index (Phi) is 3.90. The van der Waals surface area contributed by atoms with Crippen molar-refractivity contribution in [2.24, 2.45) is 5.73 Å². The van der Waals surface area contributed by atoms with Crippen LogP contribution < -0.4 is 5.73 Å². The van der Waals surface area contributed by atoms with E-state index in [1.807, 2.05) is 23.1 Å². The van der Waals surface area contributed by atoms with E-state index in [0.717, 1.165) is 32.1 Å². The standard InChI is InChI=1S/C11H18N4S/c12-11(16)4-7-14(10-2-3-10)8-9-15-6-1-5-13-15/h1,5-6,10H,2-4,7-9H2,(H2,12,16). The maximum Gasteiger partial charge on any atom is 0.0740 e. The number of rotatable bonds is 7. The molecule has 0 aliphatic heterocycles. The molecule has 0 unspecified atom stereocenters. The third-order valence-corrected chi connectivity index (χ3v) is 3.09. The van der Waals surface area contributed by atoms with Gasteiger partial charge in [-0.3, -0.25) is 9.58 Å². The van der Waals surface area contributed by atoms with Crippen LogP contribution in [0, 0.1) is 0 Å². The Labute approximate surface area is 101 Å². The van der Waals surface area contributed by atoms with Crippen molar-refractivity contribution in [2.75, 3.05) is 13.1 Å². The van der Waals surface area contributed by atoms with Gasteiger partial charge in [-0.15, -0.1) is 0 Å². The minimum Gasteiger partial charge on any atom is -0.393 e. The molecule has 4 nitrogen and oxygen atoms in total. The van der Waals surface area contributed by atoms with Crippen LogP contribution in [0.1, 0.15) is 19.3 Å². The molecule has 2 rings (SSSR count). The van der Waals surface area contributed by atoms with Gasteiger partial charge in [-0.2, -0.15) is 5.10 Å². The van der Waals surface area contributed by atoms with E-state index in [-0.39, 0.29) is 0 Å². The quantitative estimate of drug-likeness (QED) is 0.721. The summed E-state index contributed by atoms with van der Waals surface area (Å²) in [4.78, 5) is 3.09. The predicted molar refractivity (Wildman–Crippen MR) is 68.2 cm³/mol. The lowest BCUT2D eigenvalue weighted by atomic mass is 10.3. The van der Waals surface area contributed by atoms with Crippen molar-refractivity contribution in [1.29, 1.82) is 0 Å². The van der Waals surface area contributed by atoms with Crippen LogP contribution in [0.25, 0.3) is 0 Å². The van der Waals surface area contributed by atoms with Crippen molar-refractivity contribution < 1.29 is 0 Å². The number of nitrogens with two attached hydrogens (primary N) is 1. The van der Waals surface area contributed by atoms with Gasteiger partial charge in [0.1, 0.15) is 0 Å². The summed E-state index contributed by atoms with van der Waals surface area (Å²) < 4.78 is 1.97. The van der Waals surface area contributed by atoms with Gasteiger partial charge in [-0.05, 0) is 18.9 Å². The topological polar surface area (TPSA) is 47.1 Å². The molecule has 0 saturated heterocycles. The van der Waals surface area contributed by atoms with Crippen LogP contribution in [0.15, 0.2) is 18.5 Å². The van der Waals surface area contributed by atoms with E-state index in [0.29, 0.717) is 4.99 Å². The Morgan fingerprint density at radius 1 is 1.50 bits per heavy atom. The van der Waals surface area contributed by atoms with Crippen molar-refractivity contribution in [3.8, 4) is 0 Å². The molecule has 1 aliphatic rings. The van der Waals surface area contributed by atoms with Gasteiger partial charge in [-0.25, -0.2) is 0 Å². The van der Waals surface area contributed by atoms with Crippen LogP contribution in [-0.4, -0.2) is 38.8 Å². The van der Waals surface area contributed by atoms with Crippen LogP contribution in [0.4, 0.5) is 0 Å². The van der Waals surface area contributed by atoms with E-state index in [2.05, 4.69) is 10.00 Å². The molecule has 16 heavy (non-hydrogen) atoms. The van der Waals surface area contributed by atoms with Crippen molar-refractivity contribution in [1.82, 2.24) is 14.7 Å². The zero-order valence-corrected chi connectivity index (χ0v) is 10.2. The molecule has 1 aromatic heterocycles. The number of aromatic nitrogens is 2. The SMILES string of the molecule is NC(=S)CCN(CCn1cccn1)C1CC1. The molecule has 1 saturated carbocycles. The van der Waals surface area contributed by atoms with E-state index < -0.39 is 0 Å². The van der Waals surface area contributed by atoms with Gasteiger partial charge in [0, 0.05) is 37.9 Å². The minimum absolute atomic E-state index is 0.615. The summed E-state index contributed by atoms with van der Waals surface area (Å²) >= 11 is 4.92. The summed E-state index contributed by atoms with van der Waals surface area (Å²) in [6, 6.07) is 2.71. The number of nitrogens with zero attached hydrogens (tertiary/aromatic N) is 3. The van der Waals surface area contributed by atoms with Crippen molar-refractivity contribution in [3.63, 3.8) is 0 Å². The van der Waals surface area contributed by atoms with E-state index >= 15 is 0 Å². The summed E-state index contributed by atoms with van der Waals surface area (Å²) in [7, 11) is 0. The fourth-order valence-electron chi connectivity index (χ4n) is 1.83. The van der Waals surface area contributed by atoms with Crippen LogP contribution in [0.5, 0.6) is 0 Å². The van der Waals surface area contributed by atoms with Gasteiger partial charge in [0.25, 0.3) is 0 Å². The Balaban J connectivity index is 1.76. The second kappa shape index (κ2) is 5.41. The van der Waals surface area contributed by atoms with Gasteiger partial charge >= 0.3 is 0 Å². The van der Waals surface area contributed by atoms with Gasteiger partial charge in [0.2, 0.25) is 0 Å². The Morgan fingerprint density at radius 2 is 2.31 bits per heavy atom. The van der Waals surface area contributed by atoms with Crippen molar-refractivity contribution in [2.45, 2.75) is 31.8 Å². The van der Waals surface area contributed by atoms with Crippen molar-refractivity contribution >= 4 is 17.2 Å². The van der Waals surface area contributed by atoms with Gasteiger partial charge in [0.05, 0.1) is 11.5 Å². The first kappa shape index (κ1) is 11.5. The fraction of sp³-hybridized carbons (Fsp3) is 0.636. The number of thiocarbonyl (C=S) groups is 1. The van der Waals surface area contributed by atoms with Gasteiger partial charge in [-0.1, -0.05) is 12.2 Å². The predicted octanol–water partition coefficient (Wildman–Crippen LogP) is 1.02. The summed E-state index contributed by atoms with van der Waals surface area (Å²) in [5.74, 6) is 0. The molecule has 5 heteroatoms. The summed E-state index contributed by atoms with van der Waals surface area (Å²) in [6.45, 7) is 2.97. The maximum atomic E-state index is 5.54. The molecule has 0 atom stereocenters. The second-order valence-electron chi connectivity index (χ2n) is 4.25. The molecule has 0 aromatic carbocycles. The molecule has 1 fully saturated rings. The lowest BCUT2D eigenvalue weighted by Gasteiger charge is -2.21. The average Bonchev–Trinajstić information content (AvgIpc) is 2.95. The Hall–Kier alpha value is -0.940. The summed E-state index contributed by atoms with van der Waals surface area (Å²) in [5.41, 5.74) is 5.54.